The van der Waals surface area contributed by atoms with Crippen molar-refractivity contribution in [3.8, 4) is 11.5 Å². The molecule has 1 aromatic rings. The smallest absolute Gasteiger partial charge is 0.278 e. The molecule has 1 heterocycles. The molecule has 0 aliphatic carbocycles. The maximum absolute atomic E-state index is 11.1. The van der Waals surface area contributed by atoms with Gasteiger partial charge in [0.1, 0.15) is 0 Å². The van der Waals surface area contributed by atoms with Crippen LogP contribution in [0.2, 0.25) is 0 Å². The van der Waals surface area contributed by atoms with Crippen molar-refractivity contribution < 1.29 is 19.5 Å². The fourth-order valence-electron chi connectivity index (χ4n) is 2.17. The van der Waals surface area contributed by atoms with Crippen molar-refractivity contribution in [1.82, 2.24) is 0 Å². The fourth-order valence-corrected chi connectivity index (χ4v) is 2.17. The van der Waals surface area contributed by atoms with Crippen LogP contribution in [0, 0.1) is 10.1 Å². The number of hydrogen-bond donors (Lipinski definition) is 2. The first kappa shape index (κ1) is 17.5. The molecule has 2 rings (SSSR count). The van der Waals surface area contributed by atoms with E-state index in [1.54, 1.807) is 0 Å². The van der Waals surface area contributed by atoms with Crippen LogP contribution >= 0.6 is 12.4 Å². The Kier molecular flexibility index (Phi) is 6.19. The molecule has 1 aromatic carbocycles. The Morgan fingerprint density at radius 1 is 1.43 bits per heavy atom. The second-order valence-electron chi connectivity index (χ2n) is 4.76. The number of aliphatic hydroxyl groups is 1. The predicted octanol–water partition coefficient (Wildman–Crippen LogP) is 2.30. The van der Waals surface area contributed by atoms with Crippen LogP contribution in [0.1, 0.15) is 37.8 Å². The molecule has 7 nitrogen and oxygen atoms in total. The molecule has 0 amide bonds. The highest BCUT2D eigenvalue weighted by Crippen LogP contribution is 2.40. The molecule has 1 aliphatic rings. The van der Waals surface area contributed by atoms with E-state index in [1.807, 2.05) is 6.92 Å². The minimum Gasteiger partial charge on any atom is -0.454 e. The highest BCUT2D eigenvalue weighted by molar-refractivity contribution is 5.85. The van der Waals surface area contributed by atoms with Crippen molar-refractivity contribution >= 4 is 18.1 Å². The third-order valence-electron chi connectivity index (χ3n) is 3.35. The van der Waals surface area contributed by atoms with Gasteiger partial charge >= 0.3 is 0 Å². The van der Waals surface area contributed by atoms with Crippen molar-refractivity contribution in [2.45, 2.75) is 38.3 Å². The van der Waals surface area contributed by atoms with Gasteiger partial charge in [0.2, 0.25) is 6.79 Å². The maximum atomic E-state index is 11.1. The molecule has 21 heavy (non-hydrogen) atoms. The minimum atomic E-state index is -0.825. The van der Waals surface area contributed by atoms with E-state index < -0.39 is 17.1 Å². The molecule has 118 valence electrons. The number of ether oxygens (including phenoxy) is 2. The molecular weight excluding hydrogens is 300 g/mol. The van der Waals surface area contributed by atoms with E-state index in [1.165, 1.54) is 12.1 Å². The summed E-state index contributed by atoms with van der Waals surface area (Å²) < 4.78 is 10.3. The lowest BCUT2D eigenvalue weighted by Gasteiger charge is -2.19. The highest BCUT2D eigenvalue weighted by Gasteiger charge is 2.29. The minimum absolute atomic E-state index is 0. The Balaban J connectivity index is 0.00000220. The van der Waals surface area contributed by atoms with Crippen molar-refractivity contribution in [2.24, 2.45) is 5.73 Å². The standard InChI is InChI=1S/C13H18N2O5.ClH/c1-2-3-4-10(16)13(14)8-5-11-12(20-7-19-11)6-9(8)15(17)18;/h5-6,10,13,16H,2-4,7,14H2,1H3;1H/t10-,13+;/m1./s1. The molecule has 0 saturated carbocycles. The summed E-state index contributed by atoms with van der Waals surface area (Å²) in [7, 11) is 0. The molecule has 8 heteroatoms. The Morgan fingerprint density at radius 2 is 2.05 bits per heavy atom. The van der Waals surface area contributed by atoms with E-state index in [2.05, 4.69) is 0 Å². The molecule has 0 bridgehead atoms. The number of nitro groups is 1. The van der Waals surface area contributed by atoms with E-state index in [0.717, 1.165) is 12.8 Å². The van der Waals surface area contributed by atoms with Crippen molar-refractivity contribution in [3.05, 3.63) is 27.8 Å². The van der Waals surface area contributed by atoms with Crippen LogP contribution in [-0.4, -0.2) is 22.9 Å². The Labute approximate surface area is 128 Å². The predicted molar refractivity (Wildman–Crippen MR) is 78.9 cm³/mol. The lowest BCUT2D eigenvalue weighted by Crippen LogP contribution is -2.26. The number of hydrogen-bond acceptors (Lipinski definition) is 6. The van der Waals surface area contributed by atoms with Gasteiger partial charge in [-0.15, -0.1) is 12.4 Å². The summed E-state index contributed by atoms with van der Waals surface area (Å²) in [5.41, 5.74) is 6.07. The SMILES string of the molecule is CCCC[C@@H](O)[C@@H](N)c1cc2c(cc1[N+](=O)[O-])OCO2.Cl. The van der Waals surface area contributed by atoms with E-state index in [9.17, 15) is 15.2 Å². The second kappa shape index (κ2) is 7.44. The van der Waals surface area contributed by atoms with Crippen molar-refractivity contribution in [2.75, 3.05) is 6.79 Å². The lowest BCUT2D eigenvalue weighted by atomic mass is 9.96. The van der Waals surface area contributed by atoms with E-state index >= 15 is 0 Å². The van der Waals surface area contributed by atoms with Gasteiger partial charge in [-0.1, -0.05) is 19.8 Å². The van der Waals surface area contributed by atoms with Gasteiger partial charge in [-0.25, -0.2) is 0 Å². The number of benzene rings is 1. The van der Waals surface area contributed by atoms with Gasteiger partial charge in [0, 0.05) is 0 Å². The van der Waals surface area contributed by atoms with Gasteiger partial charge in [-0.3, -0.25) is 10.1 Å². The zero-order valence-corrected chi connectivity index (χ0v) is 12.5. The molecule has 3 N–H and O–H groups in total. The van der Waals surface area contributed by atoms with Gasteiger partial charge in [0.25, 0.3) is 5.69 Å². The van der Waals surface area contributed by atoms with Crippen LogP contribution in [0.15, 0.2) is 12.1 Å². The lowest BCUT2D eigenvalue weighted by molar-refractivity contribution is -0.385. The summed E-state index contributed by atoms with van der Waals surface area (Å²) >= 11 is 0. The van der Waals surface area contributed by atoms with Gasteiger partial charge in [0.15, 0.2) is 11.5 Å². The van der Waals surface area contributed by atoms with E-state index in [0.29, 0.717) is 17.9 Å². The van der Waals surface area contributed by atoms with Gasteiger partial charge in [0.05, 0.1) is 28.7 Å². The third-order valence-corrected chi connectivity index (χ3v) is 3.35. The van der Waals surface area contributed by atoms with Crippen LogP contribution in [0.5, 0.6) is 11.5 Å². The molecule has 0 aromatic heterocycles. The number of nitrogens with zero attached hydrogens (tertiary/aromatic N) is 1. The third kappa shape index (κ3) is 3.75. The molecule has 0 fully saturated rings. The summed E-state index contributed by atoms with van der Waals surface area (Å²) in [6, 6.07) is 1.96. The second-order valence-corrected chi connectivity index (χ2v) is 4.76. The van der Waals surface area contributed by atoms with Crippen LogP contribution in [0.25, 0.3) is 0 Å². The number of rotatable bonds is 6. The number of nitrogens with two attached hydrogens (primary N) is 1. The van der Waals surface area contributed by atoms with E-state index in [-0.39, 0.29) is 30.5 Å². The highest BCUT2D eigenvalue weighted by atomic mass is 35.5. The molecular formula is C13H19ClN2O5. The summed E-state index contributed by atoms with van der Waals surface area (Å²) in [4.78, 5) is 10.6. The van der Waals surface area contributed by atoms with Crippen LogP contribution < -0.4 is 15.2 Å². The molecule has 0 saturated heterocycles. The fraction of sp³-hybridized carbons (Fsp3) is 0.538. The topological polar surface area (TPSA) is 108 Å². The zero-order valence-electron chi connectivity index (χ0n) is 11.7. The average molecular weight is 319 g/mol. The number of halogens is 1. The first-order chi connectivity index (χ1) is 9.54. The van der Waals surface area contributed by atoms with Gasteiger partial charge < -0.3 is 20.3 Å². The molecule has 0 radical (unpaired) electrons. The Hall–Kier alpha value is -1.57. The monoisotopic (exact) mass is 318 g/mol. The number of aliphatic hydroxyl groups excluding tert-OH is 1. The average Bonchev–Trinajstić information content (AvgIpc) is 2.89. The number of unbranched alkanes of at least 4 members (excludes halogenated alkanes) is 1. The number of nitro benzene ring substituents is 1. The van der Waals surface area contributed by atoms with Crippen molar-refractivity contribution in [3.63, 3.8) is 0 Å². The summed E-state index contributed by atoms with van der Waals surface area (Å²) in [5, 5.41) is 21.2. The largest absolute Gasteiger partial charge is 0.454 e. The Bertz CT molecular complexity index is 512. The Morgan fingerprint density at radius 3 is 2.62 bits per heavy atom. The van der Waals surface area contributed by atoms with E-state index in [4.69, 9.17) is 15.2 Å². The summed E-state index contributed by atoms with van der Waals surface area (Å²) in [6.07, 6.45) is 1.41. The molecule has 1 aliphatic heterocycles. The normalized spacial score (nSPS) is 15.2. The van der Waals surface area contributed by atoms with Crippen molar-refractivity contribution in [1.29, 1.82) is 0 Å². The maximum Gasteiger partial charge on any atom is 0.278 e. The molecule has 0 unspecified atom stereocenters. The quantitative estimate of drug-likeness (QED) is 0.615. The van der Waals surface area contributed by atoms with Crippen LogP contribution in [0.4, 0.5) is 5.69 Å². The molecule has 2 atom stereocenters. The first-order valence-electron chi connectivity index (χ1n) is 6.56. The van der Waals surface area contributed by atoms with Gasteiger partial charge in [-0.2, -0.15) is 0 Å². The summed E-state index contributed by atoms with van der Waals surface area (Å²) in [6.45, 7) is 2.03. The van der Waals surface area contributed by atoms with Gasteiger partial charge in [-0.05, 0) is 12.5 Å². The van der Waals surface area contributed by atoms with Crippen LogP contribution in [0.3, 0.4) is 0 Å². The first-order valence-corrected chi connectivity index (χ1v) is 6.56. The summed E-state index contributed by atoms with van der Waals surface area (Å²) in [5.74, 6) is 0.749. The molecule has 0 spiro atoms. The number of fused-ring (bicyclic) bond motifs is 1. The van der Waals surface area contributed by atoms with Crippen LogP contribution in [-0.2, 0) is 0 Å². The zero-order chi connectivity index (χ0) is 14.7.